The van der Waals surface area contributed by atoms with Crippen LogP contribution in [0.15, 0.2) is 59.7 Å². The van der Waals surface area contributed by atoms with Crippen LogP contribution in [0.3, 0.4) is 0 Å². The number of benzene rings is 2. The van der Waals surface area contributed by atoms with E-state index in [0.29, 0.717) is 28.3 Å². The van der Waals surface area contributed by atoms with E-state index in [-0.39, 0.29) is 10.6 Å². The molecule has 0 spiro atoms. The van der Waals surface area contributed by atoms with Gasteiger partial charge in [0.1, 0.15) is 22.8 Å². The number of H-pyrrole nitrogens is 1. The Morgan fingerprint density at radius 1 is 1.11 bits per heavy atom. The molecular weight excluding hydrogens is 369 g/mol. The summed E-state index contributed by atoms with van der Waals surface area (Å²) in [6.45, 7) is 0. The highest BCUT2D eigenvalue weighted by Gasteiger charge is 2.16. The Balaban J connectivity index is 1.92. The van der Waals surface area contributed by atoms with Crippen LogP contribution in [0.5, 0.6) is 11.5 Å². The minimum Gasteiger partial charge on any atom is -0.455 e. The molecule has 0 aliphatic rings. The van der Waals surface area contributed by atoms with Crippen molar-refractivity contribution in [2.45, 2.75) is 0 Å². The first-order chi connectivity index (χ1) is 12.9. The molecule has 0 atom stereocenters. The van der Waals surface area contributed by atoms with Crippen molar-refractivity contribution < 1.29 is 9.13 Å². The fourth-order valence-electron chi connectivity index (χ4n) is 3.01. The standard InChI is InChI=1S/C20H15ClFN3O2/c1-25-10-15(13-6-7-24-19(13)20(25)26)14-9-12(23)3-5-17(14)27-18-4-2-11(22)8-16(18)21/h2-10,24H,23H2,1H3. The number of aromatic amines is 1. The summed E-state index contributed by atoms with van der Waals surface area (Å²) in [6.07, 6.45) is 3.44. The lowest BCUT2D eigenvalue weighted by Crippen LogP contribution is -2.16. The second-order valence-corrected chi connectivity index (χ2v) is 6.56. The van der Waals surface area contributed by atoms with E-state index in [0.717, 1.165) is 10.9 Å². The van der Waals surface area contributed by atoms with E-state index in [2.05, 4.69) is 4.98 Å². The van der Waals surface area contributed by atoms with E-state index >= 15 is 0 Å². The summed E-state index contributed by atoms with van der Waals surface area (Å²) in [5.41, 5.74) is 8.35. The molecule has 0 aliphatic carbocycles. The maximum atomic E-state index is 13.3. The first-order valence-electron chi connectivity index (χ1n) is 8.13. The molecule has 0 aliphatic heterocycles. The molecule has 2 aromatic carbocycles. The van der Waals surface area contributed by atoms with Gasteiger partial charge in [-0.15, -0.1) is 0 Å². The van der Waals surface area contributed by atoms with Gasteiger partial charge in [-0.05, 0) is 42.5 Å². The van der Waals surface area contributed by atoms with Crippen molar-refractivity contribution in [3.63, 3.8) is 0 Å². The van der Waals surface area contributed by atoms with Gasteiger partial charge < -0.3 is 20.0 Å². The number of pyridine rings is 1. The van der Waals surface area contributed by atoms with Crippen LogP contribution < -0.4 is 16.0 Å². The molecule has 0 radical (unpaired) electrons. The monoisotopic (exact) mass is 383 g/mol. The molecule has 136 valence electrons. The third-order valence-electron chi connectivity index (χ3n) is 4.30. The van der Waals surface area contributed by atoms with Crippen molar-refractivity contribution in [3.8, 4) is 22.6 Å². The zero-order chi connectivity index (χ0) is 19.1. The van der Waals surface area contributed by atoms with E-state index in [9.17, 15) is 9.18 Å². The number of ether oxygens (including phenoxy) is 1. The number of halogens is 2. The van der Waals surface area contributed by atoms with Gasteiger partial charge in [0.05, 0.1) is 5.02 Å². The third kappa shape index (κ3) is 3.04. The van der Waals surface area contributed by atoms with Gasteiger partial charge in [0.25, 0.3) is 5.56 Å². The summed E-state index contributed by atoms with van der Waals surface area (Å²) in [6, 6.07) is 10.9. The third-order valence-corrected chi connectivity index (χ3v) is 4.60. The summed E-state index contributed by atoms with van der Waals surface area (Å²) in [7, 11) is 1.68. The lowest BCUT2D eigenvalue weighted by Gasteiger charge is -2.15. The second-order valence-electron chi connectivity index (χ2n) is 6.16. The van der Waals surface area contributed by atoms with Gasteiger partial charge in [0, 0.05) is 41.6 Å². The van der Waals surface area contributed by atoms with E-state index in [4.69, 9.17) is 22.1 Å². The first-order valence-corrected chi connectivity index (χ1v) is 8.51. The number of fused-ring (bicyclic) bond motifs is 1. The molecule has 0 fully saturated rings. The number of nitrogen functional groups attached to an aromatic ring is 1. The number of nitrogens with two attached hydrogens (primary N) is 1. The lowest BCUT2D eigenvalue weighted by molar-refractivity contribution is 0.482. The highest BCUT2D eigenvalue weighted by Crippen LogP contribution is 2.39. The summed E-state index contributed by atoms with van der Waals surface area (Å²) in [5, 5.41) is 0.906. The van der Waals surface area contributed by atoms with Gasteiger partial charge in [-0.25, -0.2) is 4.39 Å². The zero-order valence-corrected chi connectivity index (χ0v) is 15.0. The van der Waals surface area contributed by atoms with Crippen molar-refractivity contribution in [2.24, 2.45) is 7.05 Å². The smallest absolute Gasteiger partial charge is 0.274 e. The highest BCUT2D eigenvalue weighted by atomic mass is 35.5. The largest absolute Gasteiger partial charge is 0.455 e. The van der Waals surface area contributed by atoms with Gasteiger partial charge in [0.2, 0.25) is 0 Å². The number of hydrogen-bond donors (Lipinski definition) is 2. The van der Waals surface area contributed by atoms with Crippen molar-refractivity contribution in [1.29, 1.82) is 0 Å². The molecule has 27 heavy (non-hydrogen) atoms. The number of aryl methyl sites for hydroxylation is 1. The van der Waals surface area contributed by atoms with Crippen LogP contribution in [0.2, 0.25) is 5.02 Å². The van der Waals surface area contributed by atoms with Crippen LogP contribution >= 0.6 is 11.6 Å². The molecule has 7 heteroatoms. The van der Waals surface area contributed by atoms with Crippen LogP contribution in [0.4, 0.5) is 10.1 Å². The van der Waals surface area contributed by atoms with Gasteiger partial charge in [0.15, 0.2) is 0 Å². The molecule has 2 aromatic heterocycles. The van der Waals surface area contributed by atoms with Gasteiger partial charge in [-0.2, -0.15) is 0 Å². The highest BCUT2D eigenvalue weighted by molar-refractivity contribution is 6.32. The van der Waals surface area contributed by atoms with E-state index in [1.165, 1.54) is 22.8 Å². The van der Waals surface area contributed by atoms with Crippen LogP contribution in [0.1, 0.15) is 0 Å². The SMILES string of the molecule is Cn1cc(-c2cc(N)ccc2Oc2ccc(F)cc2Cl)c2cc[nH]c2c1=O. The fourth-order valence-corrected chi connectivity index (χ4v) is 3.21. The molecule has 0 saturated carbocycles. The van der Waals surface area contributed by atoms with Crippen LogP contribution in [0.25, 0.3) is 22.0 Å². The average Bonchev–Trinajstić information content (AvgIpc) is 3.12. The molecule has 4 rings (SSSR count). The van der Waals surface area contributed by atoms with E-state index in [1.807, 2.05) is 6.07 Å². The van der Waals surface area contributed by atoms with E-state index in [1.54, 1.807) is 37.6 Å². The Morgan fingerprint density at radius 3 is 2.67 bits per heavy atom. The predicted octanol–water partition coefficient (Wildman–Crippen LogP) is 4.70. The maximum absolute atomic E-state index is 13.3. The molecule has 0 bridgehead atoms. The Hall–Kier alpha value is -3.25. The molecule has 5 nitrogen and oxygen atoms in total. The zero-order valence-electron chi connectivity index (χ0n) is 14.3. The predicted molar refractivity (Wildman–Crippen MR) is 105 cm³/mol. The Morgan fingerprint density at radius 2 is 1.89 bits per heavy atom. The normalized spacial score (nSPS) is 11.1. The Bertz CT molecular complexity index is 1230. The number of hydrogen-bond acceptors (Lipinski definition) is 3. The minimum absolute atomic E-state index is 0.133. The van der Waals surface area contributed by atoms with Crippen LogP contribution in [-0.2, 0) is 7.05 Å². The quantitative estimate of drug-likeness (QED) is 0.503. The van der Waals surface area contributed by atoms with Crippen LogP contribution in [-0.4, -0.2) is 9.55 Å². The molecule has 0 saturated heterocycles. The lowest BCUT2D eigenvalue weighted by atomic mass is 10.0. The number of nitrogens with one attached hydrogen (secondary N) is 1. The van der Waals surface area contributed by atoms with Crippen molar-refractivity contribution in [1.82, 2.24) is 9.55 Å². The second kappa shape index (κ2) is 6.48. The Labute approximate surface area is 158 Å². The summed E-state index contributed by atoms with van der Waals surface area (Å²) < 4.78 is 20.8. The molecule has 0 unspecified atom stereocenters. The molecule has 2 heterocycles. The summed E-state index contributed by atoms with van der Waals surface area (Å²) >= 11 is 6.09. The van der Waals surface area contributed by atoms with Gasteiger partial charge >= 0.3 is 0 Å². The molecule has 0 amide bonds. The summed E-state index contributed by atoms with van der Waals surface area (Å²) in [5.74, 6) is 0.357. The Kier molecular flexibility index (Phi) is 4.12. The van der Waals surface area contributed by atoms with Crippen molar-refractivity contribution in [2.75, 3.05) is 5.73 Å². The topological polar surface area (TPSA) is 73.0 Å². The minimum atomic E-state index is -0.447. The molecule has 3 N–H and O–H groups in total. The van der Waals surface area contributed by atoms with Crippen molar-refractivity contribution >= 4 is 28.2 Å². The maximum Gasteiger partial charge on any atom is 0.274 e. The molecular formula is C20H15ClFN3O2. The van der Waals surface area contributed by atoms with Crippen molar-refractivity contribution in [3.05, 3.63) is 76.1 Å². The van der Waals surface area contributed by atoms with Gasteiger partial charge in [-0.3, -0.25) is 4.79 Å². The number of rotatable bonds is 3. The number of aromatic nitrogens is 2. The first kappa shape index (κ1) is 17.2. The fraction of sp³-hybridized carbons (Fsp3) is 0.0500. The van der Waals surface area contributed by atoms with Gasteiger partial charge in [-0.1, -0.05) is 11.6 Å². The number of anilines is 1. The summed E-state index contributed by atoms with van der Waals surface area (Å²) in [4.78, 5) is 15.3. The number of nitrogens with zero attached hydrogens (tertiary/aromatic N) is 1. The van der Waals surface area contributed by atoms with E-state index < -0.39 is 5.82 Å². The van der Waals surface area contributed by atoms with Crippen LogP contribution in [0, 0.1) is 5.82 Å². The molecule has 4 aromatic rings. The average molecular weight is 384 g/mol.